The third kappa shape index (κ3) is 2.71. The van der Waals surface area contributed by atoms with E-state index in [-0.39, 0.29) is 0 Å². The topological polar surface area (TPSA) is 49.3 Å². The van der Waals surface area contributed by atoms with E-state index in [1.54, 1.807) is 6.92 Å². The minimum Gasteiger partial charge on any atom is -0.480 e. The van der Waals surface area contributed by atoms with Crippen molar-refractivity contribution in [1.82, 2.24) is 5.32 Å². The fraction of sp³-hybridized carbons (Fsp3) is 0.909. The van der Waals surface area contributed by atoms with Gasteiger partial charge in [-0.25, -0.2) is 0 Å². The largest absolute Gasteiger partial charge is 0.480 e. The molecule has 0 aromatic rings. The first-order valence-corrected chi connectivity index (χ1v) is 5.59. The second-order valence-corrected chi connectivity index (χ2v) is 4.47. The smallest absolute Gasteiger partial charge is 0.323 e. The summed E-state index contributed by atoms with van der Waals surface area (Å²) in [5.74, 6) is -0.731. The molecule has 3 nitrogen and oxygen atoms in total. The Labute approximate surface area is 85.9 Å². The van der Waals surface area contributed by atoms with Gasteiger partial charge in [0.1, 0.15) is 5.54 Å². The molecule has 0 aliphatic heterocycles. The molecule has 1 unspecified atom stereocenters. The van der Waals surface area contributed by atoms with Crippen LogP contribution in [0.15, 0.2) is 0 Å². The van der Waals surface area contributed by atoms with Gasteiger partial charge in [-0.05, 0) is 26.2 Å². The van der Waals surface area contributed by atoms with Crippen LogP contribution < -0.4 is 5.32 Å². The van der Waals surface area contributed by atoms with Crippen LogP contribution in [0.3, 0.4) is 0 Å². The van der Waals surface area contributed by atoms with E-state index >= 15 is 0 Å². The van der Waals surface area contributed by atoms with E-state index in [4.69, 9.17) is 5.11 Å². The summed E-state index contributed by atoms with van der Waals surface area (Å²) < 4.78 is 0. The van der Waals surface area contributed by atoms with Crippen LogP contribution in [0.5, 0.6) is 0 Å². The van der Waals surface area contributed by atoms with Gasteiger partial charge >= 0.3 is 5.97 Å². The van der Waals surface area contributed by atoms with Crippen molar-refractivity contribution < 1.29 is 9.90 Å². The molecule has 0 amide bonds. The van der Waals surface area contributed by atoms with Crippen LogP contribution in [0.4, 0.5) is 0 Å². The van der Waals surface area contributed by atoms with Crippen LogP contribution in [0, 0.1) is 0 Å². The Bertz CT molecular complexity index is 199. The average molecular weight is 199 g/mol. The molecule has 1 aliphatic rings. The van der Waals surface area contributed by atoms with Crippen molar-refractivity contribution in [3.8, 4) is 0 Å². The van der Waals surface area contributed by atoms with Crippen molar-refractivity contribution >= 4 is 5.97 Å². The predicted octanol–water partition coefficient (Wildman–Crippen LogP) is 2.16. The highest BCUT2D eigenvalue weighted by Crippen LogP contribution is 2.21. The lowest BCUT2D eigenvalue weighted by Gasteiger charge is -2.32. The van der Waals surface area contributed by atoms with Gasteiger partial charge in [0, 0.05) is 6.04 Å². The van der Waals surface area contributed by atoms with Crippen molar-refractivity contribution in [3.05, 3.63) is 0 Å². The monoisotopic (exact) mass is 199 g/mol. The lowest BCUT2D eigenvalue weighted by molar-refractivity contribution is -0.144. The van der Waals surface area contributed by atoms with Crippen LogP contribution >= 0.6 is 0 Å². The van der Waals surface area contributed by atoms with Crippen molar-refractivity contribution in [1.29, 1.82) is 0 Å². The number of rotatable bonds is 4. The van der Waals surface area contributed by atoms with Crippen LogP contribution in [-0.4, -0.2) is 22.7 Å². The zero-order chi connectivity index (χ0) is 10.6. The summed E-state index contributed by atoms with van der Waals surface area (Å²) in [6.45, 7) is 3.70. The molecular weight excluding hydrogens is 178 g/mol. The Kier molecular flexibility index (Phi) is 3.93. The zero-order valence-corrected chi connectivity index (χ0v) is 9.18. The molecule has 2 N–H and O–H groups in total. The third-order valence-electron chi connectivity index (χ3n) is 3.31. The molecule has 0 saturated heterocycles. The Morgan fingerprint density at radius 2 is 2.00 bits per heavy atom. The third-order valence-corrected chi connectivity index (χ3v) is 3.31. The second kappa shape index (κ2) is 4.78. The van der Waals surface area contributed by atoms with E-state index in [1.807, 2.05) is 6.92 Å². The number of hydrogen-bond donors (Lipinski definition) is 2. The van der Waals surface area contributed by atoms with Crippen molar-refractivity contribution in [3.63, 3.8) is 0 Å². The molecule has 1 fully saturated rings. The van der Waals surface area contributed by atoms with E-state index in [2.05, 4.69) is 5.32 Å². The Hall–Kier alpha value is -0.570. The molecule has 0 heterocycles. The highest BCUT2D eigenvalue weighted by Gasteiger charge is 2.33. The summed E-state index contributed by atoms with van der Waals surface area (Å²) in [7, 11) is 0. The van der Waals surface area contributed by atoms with Crippen LogP contribution in [-0.2, 0) is 4.79 Å². The van der Waals surface area contributed by atoms with Gasteiger partial charge in [-0.3, -0.25) is 10.1 Å². The summed E-state index contributed by atoms with van der Waals surface area (Å²) in [5.41, 5.74) is -0.734. The standard InChI is InChI=1S/C11H21NO2/c1-3-11(2,10(13)14)12-9-7-5-4-6-8-9/h9,12H,3-8H2,1-2H3,(H,13,14). The normalized spacial score (nSPS) is 23.0. The molecule has 0 bridgehead atoms. The maximum Gasteiger partial charge on any atom is 0.323 e. The van der Waals surface area contributed by atoms with Crippen molar-refractivity contribution in [2.24, 2.45) is 0 Å². The van der Waals surface area contributed by atoms with E-state index in [1.165, 1.54) is 19.3 Å². The molecule has 1 atom stereocenters. The lowest BCUT2D eigenvalue weighted by atomic mass is 9.91. The van der Waals surface area contributed by atoms with Crippen molar-refractivity contribution in [2.75, 3.05) is 0 Å². The van der Waals surface area contributed by atoms with Crippen LogP contribution in [0.2, 0.25) is 0 Å². The molecule has 1 saturated carbocycles. The molecule has 0 aromatic carbocycles. The summed E-state index contributed by atoms with van der Waals surface area (Å²) in [6.07, 6.45) is 6.66. The summed E-state index contributed by atoms with van der Waals surface area (Å²) in [4.78, 5) is 11.1. The molecule has 0 aromatic heterocycles. The number of carboxylic acids is 1. The predicted molar refractivity (Wildman–Crippen MR) is 56.3 cm³/mol. The molecule has 14 heavy (non-hydrogen) atoms. The van der Waals surface area contributed by atoms with E-state index < -0.39 is 11.5 Å². The summed E-state index contributed by atoms with van der Waals surface area (Å²) in [5, 5.41) is 12.4. The minimum absolute atomic E-state index is 0.407. The quantitative estimate of drug-likeness (QED) is 0.729. The summed E-state index contributed by atoms with van der Waals surface area (Å²) in [6, 6.07) is 0.407. The SMILES string of the molecule is CCC(C)(NC1CCCCC1)C(=O)O. The van der Waals surface area contributed by atoms with E-state index in [0.29, 0.717) is 12.5 Å². The molecule has 3 heteroatoms. The van der Waals surface area contributed by atoms with Gasteiger partial charge in [0.2, 0.25) is 0 Å². The molecule has 0 radical (unpaired) electrons. The van der Waals surface area contributed by atoms with Gasteiger partial charge in [-0.2, -0.15) is 0 Å². The first kappa shape index (κ1) is 11.5. The maximum absolute atomic E-state index is 11.1. The number of carbonyl (C=O) groups is 1. The molecule has 1 rings (SSSR count). The first-order chi connectivity index (χ1) is 6.58. The van der Waals surface area contributed by atoms with Gasteiger partial charge in [-0.1, -0.05) is 26.2 Å². The Morgan fingerprint density at radius 3 is 2.43 bits per heavy atom. The van der Waals surface area contributed by atoms with Crippen molar-refractivity contribution in [2.45, 2.75) is 64.0 Å². The molecular formula is C11H21NO2. The zero-order valence-electron chi connectivity index (χ0n) is 9.18. The number of hydrogen-bond acceptors (Lipinski definition) is 2. The molecule has 0 spiro atoms. The highest BCUT2D eigenvalue weighted by atomic mass is 16.4. The van der Waals surface area contributed by atoms with Crippen LogP contribution in [0.25, 0.3) is 0 Å². The van der Waals surface area contributed by atoms with E-state index in [9.17, 15) is 4.79 Å². The number of nitrogens with one attached hydrogen (secondary N) is 1. The number of carboxylic acid groups (broad SMARTS) is 1. The van der Waals surface area contributed by atoms with Gasteiger partial charge < -0.3 is 5.11 Å². The Balaban J connectivity index is 2.50. The van der Waals surface area contributed by atoms with Gasteiger partial charge in [-0.15, -0.1) is 0 Å². The minimum atomic E-state index is -0.734. The average Bonchev–Trinajstić information content (AvgIpc) is 2.19. The maximum atomic E-state index is 11.1. The van der Waals surface area contributed by atoms with Gasteiger partial charge in [0.25, 0.3) is 0 Å². The summed E-state index contributed by atoms with van der Waals surface area (Å²) >= 11 is 0. The van der Waals surface area contributed by atoms with Crippen LogP contribution in [0.1, 0.15) is 52.4 Å². The number of aliphatic carboxylic acids is 1. The molecule has 1 aliphatic carbocycles. The van der Waals surface area contributed by atoms with E-state index in [0.717, 1.165) is 12.8 Å². The fourth-order valence-corrected chi connectivity index (χ4v) is 2.01. The second-order valence-electron chi connectivity index (χ2n) is 4.47. The highest BCUT2D eigenvalue weighted by molar-refractivity contribution is 5.78. The fourth-order valence-electron chi connectivity index (χ4n) is 2.01. The Morgan fingerprint density at radius 1 is 1.43 bits per heavy atom. The van der Waals surface area contributed by atoms with Gasteiger partial charge in [0.15, 0.2) is 0 Å². The molecule has 82 valence electrons. The lowest BCUT2D eigenvalue weighted by Crippen LogP contribution is -2.53. The van der Waals surface area contributed by atoms with Gasteiger partial charge in [0.05, 0.1) is 0 Å². The first-order valence-electron chi connectivity index (χ1n) is 5.59.